The second kappa shape index (κ2) is 7.77. The Labute approximate surface area is 133 Å². The van der Waals surface area contributed by atoms with Crippen LogP contribution in [0.2, 0.25) is 0 Å². The fourth-order valence-electron chi connectivity index (χ4n) is 3.48. The first-order valence-electron chi connectivity index (χ1n) is 8.69. The SMILES string of the molecule is CN(CCC1CCCCC1)c1cc(N2CCOCC2)ncn1. The van der Waals surface area contributed by atoms with Gasteiger partial charge in [-0.25, -0.2) is 9.97 Å². The molecular formula is C17H28N4O. The van der Waals surface area contributed by atoms with Crippen molar-refractivity contribution in [2.24, 2.45) is 5.92 Å². The summed E-state index contributed by atoms with van der Waals surface area (Å²) in [7, 11) is 2.15. The molecule has 0 spiro atoms. The predicted molar refractivity (Wildman–Crippen MR) is 89.5 cm³/mol. The lowest BCUT2D eigenvalue weighted by molar-refractivity contribution is 0.122. The van der Waals surface area contributed by atoms with E-state index < -0.39 is 0 Å². The van der Waals surface area contributed by atoms with Crippen molar-refractivity contribution >= 4 is 11.6 Å². The first kappa shape index (κ1) is 15.5. The van der Waals surface area contributed by atoms with Crippen molar-refractivity contribution in [3.63, 3.8) is 0 Å². The van der Waals surface area contributed by atoms with Crippen LogP contribution in [0.4, 0.5) is 11.6 Å². The molecule has 122 valence electrons. The predicted octanol–water partition coefficient (Wildman–Crippen LogP) is 2.72. The van der Waals surface area contributed by atoms with Gasteiger partial charge < -0.3 is 14.5 Å². The fourth-order valence-corrected chi connectivity index (χ4v) is 3.48. The third kappa shape index (κ3) is 4.09. The average Bonchev–Trinajstić information content (AvgIpc) is 2.61. The van der Waals surface area contributed by atoms with Crippen molar-refractivity contribution in [2.75, 3.05) is 49.7 Å². The highest BCUT2D eigenvalue weighted by molar-refractivity contribution is 5.49. The molecule has 0 bridgehead atoms. The molecular weight excluding hydrogens is 276 g/mol. The number of morpholine rings is 1. The normalized spacial score (nSPS) is 20.1. The standard InChI is InChI=1S/C17H28N4O/c1-20(8-7-15-5-3-2-4-6-15)16-13-17(19-14-18-16)21-9-11-22-12-10-21/h13-15H,2-12H2,1H3. The molecule has 1 aliphatic heterocycles. The molecule has 0 atom stereocenters. The van der Waals surface area contributed by atoms with Crippen molar-refractivity contribution in [3.8, 4) is 0 Å². The Balaban J connectivity index is 1.56. The molecule has 0 aromatic carbocycles. The van der Waals surface area contributed by atoms with E-state index >= 15 is 0 Å². The largest absolute Gasteiger partial charge is 0.378 e. The molecule has 22 heavy (non-hydrogen) atoms. The average molecular weight is 304 g/mol. The molecule has 0 radical (unpaired) electrons. The summed E-state index contributed by atoms with van der Waals surface area (Å²) >= 11 is 0. The van der Waals surface area contributed by atoms with Crippen LogP contribution in [0.25, 0.3) is 0 Å². The molecule has 2 fully saturated rings. The Kier molecular flexibility index (Phi) is 5.48. The Morgan fingerprint density at radius 1 is 1.18 bits per heavy atom. The van der Waals surface area contributed by atoms with E-state index in [-0.39, 0.29) is 0 Å². The molecule has 5 heteroatoms. The van der Waals surface area contributed by atoms with Gasteiger partial charge >= 0.3 is 0 Å². The zero-order valence-corrected chi connectivity index (χ0v) is 13.7. The van der Waals surface area contributed by atoms with Crippen LogP contribution in [0.1, 0.15) is 38.5 Å². The fraction of sp³-hybridized carbons (Fsp3) is 0.765. The van der Waals surface area contributed by atoms with Crippen LogP contribution < -0.4 is 9.80 Å². The summed E-state index contributed by atoms with van der Waals surface area (Å²) in [5.41, 5.74) is 0. The number of nitrogens with zero attached hydrogens (tertiary/aromatic N) is 4. The second-order valence-corrected chi connectivity index (χ2v) is 6.55. The van der Waals surface area contributed by atoms with Gasteiger partial charge in [-0.15, -0.1) is 0 Å². The Morgan fingerprint density at radius 3 is 2.73 bits per heavy atom. The maximum absolute atomic E-state index is 5.41. The molecule has 1 saturated carbocycles. The molecule has 5 nitrogen and oxygen atoms in total. The molecule has 0 amide bonds. The highest BCUT2D eigenvalue weighted by Gasteiger charge is 2.16. The molecule has 0 N–H and O–H groups in total. The summed E-state index contributed by atoms with van der Waals surface area (Å²) in [6.45, 7) is 4.50. The van der Waals surface area contributed by atoms with E-state index in [0.29, 0.717) is 0 Å². The monoisotopic (exact) mass is 304 g/mol. The minimum atomic E-state index is 0.789. The van der Waals surface area contributed by atoms with Crippen LogP contribution in [0.5, 0.6) is 0 Å². The first-order chi connectivity index (χ1) is 10.8. The van der Waals surface area contributed by atoms with Gasteiger partial charge in [0.25, 0.3) is 0 Å². The smallest absolute Gasteiger partial charge is 0.134 e. The number of rotatable bonds is 5. The van der Waals surface area contributed by atoms with Gasteiger partial charge in [-0.1, -0.05) is 32.1 Å². The lowest BCUT2D eigenvalue weighted by Crippen LogP contribution is -2.37. The van der Waals surface area contributed by atoms with Crippen molar-refractivity contribution < 1.29 is 4.74 Å². The topological polar surface area (TPSA) is 41.5 Å². The molecule has 3 rings (SSSR count). The molecule has 1 aromatic heterocycles. The van der Waals surface area contributed by atoms with Crippen molar-refractivity contribution in [3.05, 3.63) is 12.4 Å². The minimum absolute atomic E-state index is 0.789. The first-order valence-corrected chi connectivity index (χ1v) is 8.69. The van der Waals surface area contributed by atoms with Crippen LogP contribution in [-0.4, -0.2) is 49.9 Å². The number of hydrogen-bond donors (Lipinski definition) is 0. The highest BCUT2D eigenvalue weighted by Crippen LogP contribution is 2.27. The maximum Gasteiger partial charge on any atom is 0.134 e. The van der Waals surface area contributed by atoms with Gasteiger partial charge in [0, 0.05) is 32.7 Å². The van der Waals surface area contributed by atoms with E-state index in [1.54, 1.807) is 6.33 Å². The minimum Gasteiger partial charge on any atom is -0.378 e. The van der Waals surface area contributed by atoms with E-state index in [2.05, 4.69) is 32.9 Å². The zero-order chi connectivity index (χ0) is 15.2. The quantitative estimate of drug-likeness (QED) is 0.836. The Hall–Kier alpha value is -1.36. The third-order valence-corrected chi connectivity index (χ3v) is 4.96. The van der Waals surface area contributed by atoms with Crippen LogP contribution in [-0.2, 0) is 4.74 Å². The van der Waals surface area contributed by atoms with E-state index in [1.807, 2.05) is 0 Å². The van der Waals surface area contributed by atoms with E-state index in [4.69, 9.17) is 4.74 Å². The molecule has 1 saturated heterocycles. The summed E-state index contributed by atoms with van der Waals surface area (Å²) < 4.78 is 5.41. The van der Waals surface area contributed by atoms with Gasteiger partial charge in [0.05, 0.1) is 13.2 Å². The van der Waals surface area contributed by atoms with Gasteiger partial charge in [-0.3, -0.25) is 0 Å². The Bertz CT molecular complexity index is 456. The summed E-state index contributed by atoms with van der Waals surface area (Å²) in [5.74, 6) is 2.97. The highest BCUT2D eigenvalue weighted by atomic mass is 16.5. The molecule has 2 aliphatic rings. The molecule has 1 aliphatic carbocycles. The number of ether oxygens (including phenoxy) is 1. The number of aromatic nitrogens is 2. The van der Waals surface area contributed by atoms with Gasteiger partial charge in [0.1, 0.15) is 18.0 Å². The number of hydrogen-bond acceptors (Lipinski definition) is 5. The number of anilines is 2. The molecule has 2 heterocycles. The summed E-state index contributed by atoms with van der Waals surface area (Å²) in [6, 6.07) is 2.12. The summed E-state index contributed by atoms with van der Waals surface area (Å²) in [4.78, 5) is 13.4. The van der Waals surface area contributed by atoms with Crippen LogP contribution >= 0.6 is 0 Å². The van der Waals surface area contributed by atoms with E-state index in [9.17, 15) is 0 Å². The summed E-state index contributed by atoms with van der Waals surface area (Å²) in [6.07, 6.45) is 10.1. The molecule has 1 aromatic rings. The van der Waals surface area contributed by atoms with E-state index in [1.165, 1.54) is 38.5 Å². The van der Waals surface area contributed by atoms with Gasteiger partial charge in [0.15, 0.2) is 0 Å². The summed E-state index contributed by atoms with van der Waals surface area (Å²) in [5, 5.41) is 0. The van der Waals surface area contributed by atoms with E-state index in [0.717, 1.165) is 50.4 Å². The van der Waals surface area contributed by atoms with Gasteiger partial charge in [0.2, 0.25) is 0 Å². The van der Waals surface area contributed by atoms with Gasteiger partial charge in [-0.05, 0) is 12.3 Å². The van der Waals surface area contributed by atoms with Crippen molar-refractivity contribution in [2.45, 2.75) is 38.5 Å². The second-order valence-electron chi connectivity index (χ2n) is 6.55. The van der Waals surface area contributed by atoms with Crippen LogP contribution in [0, 0.1) is 5.92 Å². The van der Waals surface area contributed by atoms with Crippen LogP contribution in [0.3, 0.4) is 0 Å². The molecule has 0 unspecified atom stereocenters. The maximum atomic E-state index is 5.41. The third-order valence-electron chi connectivity index (χ3n) is 4.96. The Morgan fingerprint density at radius 2 is 1.95 bits per heavy atom. The lowest BCUT2D eigenvalue weighted by atomic mass is 9.87. The van der Waals surface area contributed by atoms with Crippen molar-refractivity contribution in [1.82, 2.24) is 9.97 Å². The van der Waals surface area contributed by atoms with Crippen molar-refractivity contribution in [1.29, 1.82) is 0 Å². The lowest BCUT2D eigenvalue weighted by Gasteiger charge is -2.29. The van der Waals surface area contributed by atoms with Gasteiger partial charge in [-0.2, -0.15) is 0 Å². The van der Waals surface area contributed by atoms with Crippen LogP contribution in [0.15, 0.2) is 12.4 Å². The zero-order valence-electron chi connectivity index (χ0n) is 13.7.